The number of nitrogens with one attached hydrogen (secondary N) is 1. The fourth-order valence-electron chi connectivity index (χ4n) is 4.55. The zero-order valence-electron chi connectivity index (χ0n) is 22.1. The SMILES string of the molecule is CCCc1c2oc(C(=O)NC(CCCCN=C(C)N)C(=O)O)cc(=O)c2cc2c(=O)cc(C(=O)O)n(CC)c12. The predicted molar refractivity (Wildman–Crippen MR) is 146 cm³/mol. The van der Waals surface area contributed by atoms with E-state index in [0.29, 0.717) is 49.1 Å². The number of carboxylic acid groups (broad SMARTS) is 2. The zero-order valence-corrected chi connectivity index (χ0v) is 22.1. The molecule has 3 aromatic rings. The number of aromatic nitrogens is 1. The zero-order chi connectivity index (χ0) is 28.9. The van der Waals surface area contributed by atoms with Crippen molar-refractivity contribution >= 4 is 45.6 Å². The molecule has 5 N–H and O–H groups in total. The summed E-state index contributed by atoms with van der Waals surface area (Å²) < 4.78 is 7.35. The summed E-state index contributed by atoms with van der Waals surface area (Å²) in [4.78, 5) is 66.6. The number of fused-ring (bicyclic) bond motifs is 2. The minimum Gasteiger partial charge on any atom is -0.480 e. The van der Waals surface area contributed by atoms with E-state index in [4.69, 9.17) is 10.2 Å². The van der Waals surface area contributed by atoms with Crippen LogP contribution < -0.4 is 21.9 Å². The molecule has 12 heteroatoms. The summed E-state index contributed by atoms with van der Waals surface area (Å²) in [7, 11) is 0. The Balaban J connectivity index is 2.11. The molecule has 0 fully saturated rings. The first-order valence-electron chi connectivity index (χ1n) is 12.7. The number of aliphatic carboxylic acids is 1. The minimum absolute atomic E-state index is 0.0491. The number of carbonyl (C=O) groups excluding carboxylic acids is 1. The number of carboxylic acids is 2. The Hall–Kier alpha value is -4.48. The number of pyridine rings is 1. The number of hydrogen-bond donors (Lipinski definition) is 4. The van der Waals surface area contributed by atoms with E-state index >= 15 is 0 Å². The van der Waals surface area contributed by atoms with E-state index in [2.05, 4.69) is 10.3 Å². The first-order valence-corrected chi connectivity index (χ1v) is 12.7. The quantitative estimate of drug-likeness (QED) is 0.115. The number of unbranched alkanes of at least 4 members (excludes halogenated alkanes) is 1. The second kappa shape index (κ2) is 12.4. The van der Waals surface area contributed by atoms with Crippen molar-refractivity contribution in [1.82, 2.24) is 9.88 Å². The Morgan fingerprint density at radius 2 is 1.77 bits per heavy atom. The van der Waals surface area contributed by atoms with E-state index < -0.39 is 40.5 Å². The van der Waals surface area contributed by atoms with E-state index in [0.717, 1.165) is 12.1 Å². The molecule has 1 amide bonds. The molecule has 3 rings (SSSR count). The van der Waals surface area contributed by atoms with Crippen molar-refractivity contribution in [2.45, 2.75) is 65.5 Å². The number of carbonyl (C=O) groups is 3. The molecule has 0 radical (unpaired) electrons. The second-order valence-corrected chi connectivity index (χ2v) is 9.18. The molecule has 208 valence electrons. The van der Waals surface area contributed by atoms with Crippen LogP contribution in [0.4, 0.5) is 0 Å². The highest BCUT2D eigenvalue weighted by Gasteiger charge is 2.25. The smallest absolute Gasteiger partial charge is 0.352 e. The van der Waals surface area contributed by atoms with Crippen LogP contribution in [0, 0.1) is 0 Å². The Morgan fingerprint density at radius 1 is 1.08 bits per heavy atom. The Kier molecular flexibility index (Phi) is 9.23. The number of hydrogen-bond acceptors (Lipinski definition) is 7. The van der Waals surface area contributed by atoms with Crippen LogP contribution in [0.15, 0.2) is 37.2 Å². The van der Waals surface area contributed by atoms with Gasteiger partial charge in [0.25, 0.3) is 5.91 Å². The third kappa shape index (κ3) is 6.33. The van der Waals surface area contributed by atoms with Gasteiger partial charge in [-0.1, -0.05) is 13.3 Å². The highest BCUT2D eigenvalue weighted by molar-refractivity contribution is 6.02. The van der Waals surface area contributed by atoms with Crippen LogP contribution in [0.1, 0.15) is 73.1 Å². The summed E-state index contributed by atoms with van der Waals surface area (Å²) in [6.45, 7) is 5.90. The lowest BCUT2D eigenvalue weighted by molar-refractivity contribution is -0.139. The molecule has 0 aliphatic carbocycles. The van der Waals surface area contributed by atoms with E-state index in [1.807, 2.05) is 6.92 Å². The summed E-state index contributed by atoms with van der Waals surface area (Å²) in [5, 5.41) is 21.9. The average Bonchev–Trinajstić information content (AvgIpc) is 2.87. The van der Waals surface area contributed by atoms with Gasteiger partial charge in [0.2, 0.25) is 0 Å². The van der Waals surface area contributed by atoms with Crippen molar-refractivity contribution in [3.05, 3.63) is 55.7 Å². The monoisotopic (exact) mass is 540 g/mol. The minimum atomic E-state index is -1.28. The highest BCUT2D eigenvalue weighted by Crippen LogP contribution is 2.28. The van der Waals surface area contributed by atoms with Crippen molar-refractivity contribution in [2.24, 2.45) is 10.7 Å². The molecule has 0 saturated heterocycles. The number of benzene rings is 1. The Labute approximate surface area is 223 Å². The summed E-state index contributed by atoms with van der Waals surface area (Å²) in [5.74, 6) is -3.37. The third-order valence-electron chi connectivity index (χ3n) is 6.31. The topological polar surface area (TPSA) is 194 Å². The van der Waals surface area contributed by atoms with Gasteiger partial charge in [0.15, 0.2) is 16.6 Å². The molecular weight excluding hydrogens is 508 g/mol. The molecule has 0 aliphatic heterocycles. The summed E-state index contributed by atoms with van der Waals surface area (Å²) in [5.41, 5.74) is 4.92. The van der Waals surface area contributed by atoms with Crippen LogP contribution >= 0.6 is 0 Å². The van der Waals surface area contributed by atoms with Gasteiger partial charge < -0.3 is 30.2 Å². The van der Waals surface area contributed by atoms with E-state index in [-0.39, 0.29) is 35.0 Å². The van der Waals surface area contributed by atoms with Gasteiger partial charge in [0, 0.05) is 36.2 Å². The maximum atomic E-state index is 13.1. The normalized spacial score (nSPS) is 12.5. The number of aromatic carboxylic acids is 1. The summed E-state index contributed by atoms with van der Waals surface area (Å²) in [6, 6.07) is 2.11. The van der Waals surface area contributed by atoms with Gasteiger partial charge in [-0.25, -0.2) is 9.59 Å². The molecule has 0 aliphatic rings. The van der Waals surface area contributed by atoms with Crippen LogP contribution in [0.5, 0.6) is 0 Å². The van der Waals surface area contributed by atoms with E-state index in [1.54, 1.807) is 13.8 Å². The molecule has 2 heterocycles. The van der Waals surface area contributed by atoms with Crippen LogP contribution in [0.25, 0.3) is 21.9 Å². The molecular formula is C27H32N4O8. The highest BCUT2D eigenvalue weighted by atomic mass is 16.4. The molecule has 39 heavy (non-hydrogen) atoms. The van der Waals surface area contributed by atoms with E-state index in [9.17, 15) is 34.2 Å². The van der Waals surface area contributed by atoms with Crippen LogP contribution in [-0.4, -0.2) is 51.0 Å². The van der Waals surface area contributed by atoms with E-state index in [1.165, 1.54) is 10.6 Å². The molecule has 12 nitrogen and oxygen atoms in total. The van der Waals surface area contributed by atoms with Crippen molar-refractivity contribution in [3.8, 4) is 0 Å². The molecule has 0 saturated carbocycles. The number of nitrogens with two attached hydrogens (primary N) is 1. The predicted octanol–water partition coefficient (Wildman–Crippen LogP) is 2.51. The first kappa shape index (κ1) is 29.1. The van der Waals surface area contributed by atoms with Gasteiger partial charge in [-0.15, -0.1) is 0 Å². The fourth-order valence-corrected chi connectivity index (χ4v) is 4.55. The van der Waals surface area contributed by atoms with Crippen LogP contribution in [-0.2, 0) is 17.8 Å². The number of rotatable bonds is 12. The molecule has 2 aromatic heterocycles. The largest absolute Gasteiger partial charge is 0.480 e. The third-order valence-corrected chi connectivity index (χ3v) is 6.31. The standard InChI is InChI=1S/C27H32N4O8/c1-4-8-15-23-16(20(32)12-19(27(37)38)31(23)5-2)11-17-21(33)13-22(39-24(15)17)25(34)30-18(26(35)36)9-6-7-10-29-14(3)28/h11-13,18H,4-10H2,1-3H3,(H2,28,29)(H,30,34)(H,35,36)(H,37,38). The van der Waals surface area contributed by atoms with Crippen LogP contribution in [0.3, 0.4) is 0 Å². The van der Waals surface area contributed by atoms with Gasteiger partial charge in [0.1, 0.15) is 17.3 Å². The molecule has 1 atom stereocenters. The Morgan fingerprint density at radius 3 is 2.36 bits per heavy atom. The van der Waals surface area contributed by atoms with Gasteiger partial charge in [0.05, 0.1) is 16.7 Å². The van der Waals surface area contributed by atoms with Gasteiger partial charge >= 0.3 is 11.9 Å². The molecule has 1 unspecified atom stereocenters. The lowest BCUT2D eigenvalue weighted by Gasteiger charge is -2.18. The van der Waals surface area contributed by atoms with Gasteiger partial charge in [-0.3, -0.25) is 19.4 Å². The molecule has 0 spiro atoms. The Bertz CT molecular complexity index is 1580. The molecule has 1 aromatic carbocycles. The van der Waals surface area contributed by atoms with Crippen molar-refractivity contribution in [1.29, 1.82) is 0 Å². The number of aliphatic imine (C=N–C) groups is 1. The van der Waals surface area contributed by atoms with Crippen molar-refractivity contribution in [3.63, 3.8) is 0 Å². The van der Waals surface area contributed by atoms with Crippen LogP contribution in [0.2, 0.25) is 0 Å². The maximum absolute atomic E-state index is 13.1. The number of amidine groups is 1. The van der Waals surface area contributed by atoms with Gasteiger partial charge in [-0.05, 0) is 45.6 Å². The average molecular weight is 541 g/mol. The number of nitrogens with zero attached hydrogens (tertiary/aromatic N) is 2. The lowest BCUT2D eigenvalue weighted by atomic mass is 9.99. The first-order chi connectivity index (χ1) is 18.5. The second-order valence-electron chi connectivity index (χ2n) is 9.18. The number of amides is 1. The maximum Gasteiger partial charge on any atom is 0.352 e. The summed E-state index contributed by atoms with van der Waals surface area (Å²) in [6.07, 6.45) is 2.06. The van der Waals surface area contributed by atoms with Crippen molar-refractivity contribution < 1.29 is 29.0 Å². The lowest BCUT2D eigenvalue weighted by Crippen LogP contribution is -2.41. The van der Waals surface area contributed by atoms with Gasteiger partial charge in [-0.2, -0.15) is 0 Å². The number of aryl methyl sites for hydroxylation is 2. The van der Waals surface area contributed by atoms with Crippen molar-refractivity contribution in [2.75, 3.05) is 6.54 Å². The fraction of sp³-hybridized carbons (Fsp3) is 0.407. The summed E-state index contributed by atoms with van der Waals surface area (Å²) >= 11 is 0. The molecule has 0 bridgehead atoms.